The van der Waals surface area contributed by atoms with Gasteiger partial charge in [-0.05, 0) is 38.5 Å². The maximum atomic E-state index is 13.1. The Hall–Kier alpha value is -1.11. The molecule has 1 aliphatic rings. The molecule has 0 bridgehead atoms. The van der Waals surface area contributed by atoms with Crippen molar-refractivity contribution in [3.05, 3.63) is 12.2 Å². The normalized spacial score (nSPS) is 19.4. The molecule has 1 rings (SSSR count). The van der Waals surface area contributed by atoms with Gasteiger partial charge in [-0.25, -0.2) is 0 Å². The maximum Gasteiger partial charge on any atom is 0.249 e. The zero-order valence-corrected chi connectivity index (χ0v) is 48.7. The van der Waals surface area contributed by atoms with E-state index in [0.717, 1.165) is 44.9 Å². The minimum Gasteiger partial charge on any atom is -0.394 e. The lowest BCUT2D eigenvalue weighted by atomic mass is 9.99. The van der Waals surface area contributed by atoms with Gasteiger partial charge in [0.25, 0.3) is 0 Å². The summed E-state index contributed by atoms with van der Waals surface area (Å²) in [6.07, 6.45) is 57.6. The molecular weight excluding hydrogens is 927 g/mol. The summed E-state index contributed by atoms with van der Waals surface area (Å²) in [5.41, 5.74) is 0. The number of rotatable bonds is 57. The van der Waals surface area contributed by atoms with Gasteiger partial charge in [-0.2, -0.15) is 0 Å². The van der Waals surface area contributed by atoms with Crippen LogP contribution in [0.1, 0.15) is 328 Å². The van der Waals surface area contributed by atoms with E-state index >= 15 is 0 Å². The summed E-state index contributed by atoms with van der Waals surface area (Å²) in [6, 6.07) is -0.890. The lowest BCUT2D eigenvalue weighted by molar-refractivity contribution is -0.302. The summed E-state index contributed by atoms with van der Waals surface area (Å²) in [4.78, 5) is 13.1. The summed E-state index contributed by atoms with van der Waals surface area (Å²) < 4.78 is 11.2. The van der Waals surface area contributed by atoms with Crippen LogP contribution in [0.4, 0.5) is 0 Å². The van der Waals surface area contributed by atoms with Crippen LogP contribution in [0.2, 0.25) is 0 Å². The molecule has 0 spiro atoms. The molecule has 8 atom stereocenters. The van der Waals surface area contributed by atoms with Crippen LogP contribution in [0, 0.1) is 0 Å². The molecule has 7 N–H and O–H groups in total. The van der Waals surface area contributed by atoms with Crippen molar-refractivity contribution in [2.75, 3.05) is 13.2 Å². The molecule has 0 aromatic heterocycles. The zero-order chi connectivity index (χ0) is 53.8. The van der Waals surface area contributed by atoms with Crippen LogP contribution in [0.5, 0.6) is 0 Å². The Morgan fingerprint density at radius 1 is 0.446 bits per heavy atom. The average Bonchev–Trinajstić information content (AvgIpc) is 3.40. The van der Waals surface area contributed by atoms with Crippen molar-refractivity contribution in [3.63, 3.8) is 0 Å². The van der Waals surface area contributed by atoms with Crippen molar-refractivity contribution in [2.24, 2.45) is 0 Å². The average molecular weight is 1050 g/mol. The lowest BCUT2D eigenvalue weighted by Crippen LogP contribution is -2.60. The third kappa shape index (κ3) is 41.9. The lowest BCUT2D eigenvalue weighted by Gasteiger charge is -2.40. The molecule has 10 nitrogen and oxygen atoms in total. The number of hydrogen-bond acceptors (Lipinski definition) is 9. The predicted molar refractivity (Wildman–Crippen MR) is 310 cm³/mol. The van der Waals surface area contributed by atoms with E-state index in [-0.39, 0.29) is 6.61 Å². The third-order valence-electron chi connectivity index (χ3n) is 16.0. The van der Waals surface area contributed by atoms with Crippen LogP contribution in [-0.4, -0.2) is 98.7 Å². The molecule has 440 valence electrons. The first-order valence-corrected chi connectivity index (χ1v) is 32.5. The molecular formula is C64H125NO9. The molecule has 74 heavy (non-hydrogen) atoms. The number of amides is 1. The number of carbonyl (C=O) groups excluding carboxylic acids is 1. The minimum atomic E-state index is -1.59. The number of nitrogens with one attached hydrogen (secondary N) is 1. The number of hydrogen-bond donors (Lipinski definition) is 7. The van der Waals surface area contributed by atoms with Crippen molar-refractivity contribution in [1.82, 2.24) is 5.32 Å². The second-order valence-corrected chi connectivity index (χ2v) is 23.1. The Labute approximate surface area is 457 Å². The summed E-state index contributed by atoms with van der Waals surface area (Å²) in [5, 5.41) is 65.1. The first kappa shape index (κ1) is 70.9. The molecule has 8 unspecified atom stereocenters. The van der Waals surface area contributed by atoms with E-state index in [4.69, 9.17) is 9.47 Å². The van der Waals surface area contributed by atoms with Gasteiger partial charge in [0.2, 0.25) is 5.91 Å². The highest BCUT2D eigenvalue weighted by molar-refractivity contribution is 5.80. The molecule has 0 radical (unpaired) electrons. The van der Waals surface area contributed by atoms with Gasteiger partial charge >= 0.3 is 0 Å². The number of aliphatic hydroxyl groups is 6. The first-order valence-electron chi connectivity index (χ1n) is 32.5. The molecule has 1 aliphatic heterocycles. The molecule has 10 heteroatoms. The fraction of sp³-hybridized carbons (Fsp3) is 0.953. The molecule has 0 saturated carbocycles. The first-order chi connectivity index (χ1) is 36.3. The second kappa shape index (κ2) is 53.9. The fourth-order valence-corrected chi connectivity index (χ4v) is 10.8. The van der Waals surface area contributed by atoms with Gasteiger partial charge in [-0.1, -0.05) is 302 Å². The van der Waals surface area contributed by atoms with Crippen LogP contribution in [-0.2, 0) is 14.3 Å². The summed E-state index contributed by atoms with van der Waals surface area (Å²) in [6.45, 7) is 3.69. The van der Waals surface area contributed by atoms with E-state index in [1.165, 1.54) is 257 Å². The largest absolute Gasteiger partial charge is 0.394 e. The van der Waals surface area contributed by atoms with Gasteiger partial charge in [-0.3, -0.25) is 4.79 Å². The van der Waals surface area contributed by atoms with Gasteiger partial charge in [-0.15, -0.1) is 0 Å². The summed E-state index contributed by atoms with van der Waals surface area (Å²) >= 11 is 0. The van der Waals surface area contributed by atoms with Crippen LogP contribution >= 0.6 is 0 Å². The van der Waals surface area contributed by atoms with Crippen molar-refractivity contribution in [2.45, 2.75) is 377 Å². The van der Waals surface area contributed by atoms with Gasteiger partial charge in [0.05, 0.1) is 25.4 Å². The van der Waals surface area contributed by atoms with Crippen molar-refractivity contribution in [1.29, 1.82) is 0 Å². The van der Waals surface area contributed by atoms with Gasteiger partial charge in [0.15, 0.2) is 6.29 Å². The van der Waals surface area contributed by atoms with E-state index in [1.54, 1.807) is 0 Å². The molecule has 1 amide bonds. The van der Waals surface area contributed by atoms with Crippen LogP contribution in [0.25, 0.3) is 0 Å². The highest BCUT2D eigenvalue weighted by atomic mass is 16.7. The third-order valence-corrected chi connectivity index (χ3v) is 16.0. The SMILES string of the molecule is CCCCCCCCCCCCCCCCCCCC/C=C\CCCCCCCCCCCCCCCCCCC(O)C(=O)NC(COC1OC(CO)C(O)C(O)C1O)C(O)CCCCCCCCCCCCC. The van der Waals surface area contributed by atoms with Crippen molar-refractivity contribution >= 4 is 5.91 Å². The molecule has 0 aromatic carbocycles. The smallest absolute Gasteiger partial charge is 0.249 e. The number of allylic oxidation sites excluding steroid dienone is 2. The Kier molecular flexibility index (Phi) is 51.6. The molecule has 0 aromatic rings. The summed E-state index contributed by atoms with van der Waals surface area (Å²) in [5.74, 6) is -0.579. The van der Waals surface area contributed by atoms with Gasteiger partial charge in [0, 0.05) is 0 Å². The van der Waals surface area contributed by atoms with E-state index in [0.29, 0.717) is 12.8 Å². The number of aliphatic hydroxyl groups excluding tert-OH is 6. The van der Waals surface area contributed by atoms with Crippen LogP contribution < -0.4 is 5.32 Å². The highest BCUT2D eigenvalue weighted by Gasteiger charge is 2.44. The van der Waals surface area contributed by atoms with Crippen molar-refractivity contribution < 1.29 is 44.9 Å². The zero-order valence-electron chi connectivity index (χ0n) is 48.7. The van der Waals surface area contributed by atoms with E-state index < -0.39 is 61.5 Å². The predicted octanol–water partition coefficient (Wildman–Crippen LogP) is 15.7. The summed E-state index contributed by atoms with van der Waals surface area (Å²) in [7, 11) is 0. The van der Waals surface area contributed by atoms with Crippen LogP contribution in [0.15, 0.2) is 12.2 Å². The van der Waals surface area contributed by atoms with Gasteiger partial charge < -0.3 is 45.4 Å². The van der Waals surface area contributed by atoms with E-state index in [2.05, 4.69) is 31.3 Å². The maximum absolute atomic E-state index is 13.1. The quantitative estimate of drug-likeness (QED) is 0.0232. The minimum absolute atomic E-state index is 0.252. The molecule has 1 heterocycles. The monoisotopic (exact) mass is 1050 g/mol. The molecule has 1 saturated heterocycles. The van der Waals surface area contributed by atoms with E-state index in [9.17, 15) is 35.4 Å². The van der Waals surface area contributed by atoms with Gasteiger partial charge in [0.1, 0.15) is 30.5 Å². The van der Waals surface area contributed by atoms with E-state index in [1.807, 2.05) is 0 Å². The Morgan fingerprint density at radius 2 is 0.757 bits per heavy atom. The van der Waals surface area contributed by atoms with Crippen molar-refractivity contribution in [3.8, 4) is 0 Å². The molecule has 0 aliphatic carbocycles. The topological polar surface area (TPSA) is 169 Å². The number of unbranched alkanes of at least 4 members (excludes halogenated alkanes) is 44. The fourth-order valence-electron chi connectivity index (χ4n) is 10.8. The number of ether oxygens (including phenoxy) is 2. The Balaban J connectivity index is 2.03. The Bertz CT molecular complexity index is 1190. The second-order valence-electron chi connectivity index (χ2n) is 23.1. The van der Waals surface area contributed by atoms with Crippen LogP contribution in [0.3, 0.4) is 0 Å². The number of carbonyl (C=O) groups is 1. The highest BCUT2D eigenvalue weighted by Crippen LogP contribution is 2.24. The molecule has 1 fully saturated rings. The Morgan fingerprint density at radius 3 is 1.09 bits per heavy atom. The standard InChI is InChI=1S/C64H125NO9/c1-3-5-7-9-11-13-15-16-17-18-19-20-21-22-23-24-25-26-27-28-29-30-31-32-33-34-35-36-37-38-39-40-41-43-45-47-49-51-53-58(68)63(72)65-56(55-73-64-62(71)61(70)60(69)59(54-66)74-64)57(67)52-50-48-46-44-42-14-12-10-8-6-4-2/h28-29,56-62,64,66-71H,3-27,30-55H2,1-2H3,(H,65,72)/b29-28-.